The van der Waals surface area contributed by atoms with E-state index in [1.54, 1.807) is 0 Å². The van der Waals surface area contributed by atoms with E-state index >= 15 is 0 Å². The van der Waals surface area contributed by atoms with Crippen LogP contribution in [-0.2, 0) is 4.74 Å². The number of carbonyl (C=O) groups excluding carboxylic acids is 1. The van der Waals surface area contributed by atoms with Crippen LogP contribution in [0.1, 0.15) is 32.6 Å². The van der Waals surface area contributed by atoms with Crippen molar-refractivity contribution in [3.05, 3.63) is 0 Å². The SMILES string of the molecule is CCCCN1CCC(NC(=O)OCCO)CC1. The minimum absolute atomic E-state index is 0.0706. The molecule has 1 rings (SSSR count). The fourth-order valence-corrected chi connectivity index (χ4v) is 2.03. The quantitative estimate of drug-likeness (QED) is 0.731. The van der Waals surface area contributed by atoms with Gasteiger partial charge in [0, 0.05) is 19.1 Å². The summed E-state index contributed by atoms with van der Waals surface area (Å²) < 4.78 is 4.77. The Hall–Kier alpha value is -0.810. The summed E-state index contributed by atoms with van der Waals surface area (Å²) in [4.78, 5) is 13.7. The lowest BCUT2D eigenvalue weighted by molar-refractivity contribution is 0.110. The molecule has 1 amide bonds. The van der Waals surface area contributed by atoms with E-state index < -0.39 is 6.09 Å². The van der Waals surface area contributed by atoms with Gasteiger partial charge in [0.25, 0.3) is 0 Å². The summed E-state index contributed by atoms with van der Waals surface area (Å²) in [7, 11) is 0. The zero-order valence-corrected chi connectivity index (χ0v) is 10.7. The first-order valence-corrected chi connectivity index (χ1v) is 6.52. The van der Waals surface area contributed by atoms with Crippen LogP contribution >= 0.6 is 0 Å². The Morgan fingerprint density at radius 3 is 2.76 bits per heavy atom. The molecule has 0 aromatic rings. The Bertz CT molecular complexity index is 216. The maximum Gasteiger partial charge on any atom is 0.407 e. The lowest BCUT2D eigenvalue weighted by Gasteiger charge is -2.31. The van der Waals surface area contributed by atoms with Crippen LogP contribution in [0.2, 0.25) is 0 Å². The Morgan fingerprint density at radius 2 is 2.18 bits per heavy atom. The van der Waals surface area contributed by atoms with E-state index in [1.807, 2.05) is 0 Å². The van der Waals surface area contributed by atoms with Gasteiger partial charge in [0.1, 0.15) is 6.61 Å². The van der Waals surface area contributed by atoms with Crippen molar-refractivity contribution >= 4 is 6.09 Å². The van der Waals surface area contributed by atoms with Gasteiger partial charge in [0.05, 0.1) is 6.61 Å². The number of nitrogens with one attached hydrogen (secondary N) is 1. The zero-order chi connectivity index (χ0) is 12.5. The third-order valence-corrected chi connectivity index (χ3v) is 3.06. The van der Waals surface area contributed by atoms with Crippen molar-refractivity contribution in [1.29, 1.82) is 0 Å². The summed E-state index contributed by atoms with van der Waals surface area (Å²) in [5.41, 5.74) is 0. The number of unbranched alkanes of at least 4 members (excludes halogenated alkanes) is 1. The van der Waals surface area contributed by atoms with E-state index in [-0.39, 0.29) is 19.3 Å². The average Bonchev–Trinajstić information content (AvgIpc) is 2.35. The highest BCUT2D eigenvalue weighted by molar-refractivity contribution is 5.67. The number of amides is 1. The molecule has 0 aromatic heterocycles. The highest BCUT2D eigenvalue weighted by Gasteiger charge is 2.20. The van der Waals surface area contributed by atoms with Gasteiger partial charge in [-0.15, -0.1) is 0 Å². The second-order valence-corrected chi connectivity index (χ2v) is 4.47. The second kappa shape index (κ2) is 8.31. The molecule has 1 aliphatic rings. The maximum absolute atomic E-state index is 11.3. The van der Waals surface area contributed by atoms with Gasteiger partial charge >= 0.3 is 6.09 Å². The molecule has 17 heavy (non-hydrogen) atoms. The van der Waals surface area contributed by atoms with Gasteiger partial charge in [-0.2, -0.15) is 0 Å². The number of rotatable bonds is 6. The fourth-order valence-electron chi connectivity index (χ4n) is 2.03. The molecule has 5 nitrogen and oxygen atoms in total. The Morgan fingerprint density at radius 1 is 1.47 bits per heavy atom. The van der Waals surface area contributed by atoms with Crippen molar-refractivity contribution in [1.82, 2.24) is 10.2 Å². The van der Waals surface area contributed by atoms with Crippen molar-refractivity contribution in [2.75, 3.05) is 32.8 Å². The third kappa shape index (κ3) is 5.89. The maximum atomic E-state index is 11.3. The van der Waals surface area contributed by atoms with Gasteiger partial charge in [-0.25, -0.2) is 4.79 Å². The summed E-state index contributed by atoms with van der Waals surface area (Å²) in [6.45, 7) is 5.41. The largest absolute Gasteiger partial charge is 0.447 e. The van der Waals surface area contributed by atoms with Crippen LogP contribution in [0.4, 0.5) is 4.79 Å². The minimum Gasteiger partial charge on any atom is -0.447 e. The highest BCUT2D eigenvalue weighted by atomic mass is 16.6. The second-order valence-electron chi connectivity index (χ2n) is 4.47. The normalized spacial score (nSPS) is 18.0. The van der Waals surface area contributed by atoms with Crippen molar-refractivity contribution in [2.24, 2.45) is 0 Å². The van der Waals surface area contributed by atoms with E-state index in [4.69, 9.17) is 9.84 Å². The van der Waals surface area contributed by atoms with Gasteiger partial charge in [0.2, 0.25) is 0 Å². The molecular formula is C12H24N2O3. The van der Waals surface area contributed by atoms with Crippen LogP contribution in [0.5, 0.6) is 0 Å². The highest BCUT2D eigenvalue weighted by Crippen LogP contribution is 2.11. The molecule has 1 saturated heterocycles. The van der Waals surface area contributed by atoms with Gasteiger partial charge < -0.3 is 20.1 Å². The predicted octanol–water partition coefficient (Wildman–Crippen LogP) is 0.969. The molecule has 0 aliphatic carbocycles. The Balaban J connectivity index is 2.12. The van der Waals surface area contributed by atoms with Crippen LogP contribution in [0, 0.1) is 0 Å². The van der Waals surface area contributed by atoms with E-state index in [0.29, 0.717) is 0 Å². The number of hydrogen-bond acceptors (Lipinski definition) is 4. The molecule has 5 heteroatoms. The van der Waals surface area contributed by atoms with Crippen LogP contribution in [0.25, 0.3) is 0 Å². The minimum atomic E-state index is -0.411. The first kappa shape index (κ1) is 14.3. The van der Waals surface area contributed by atoms with Gasteiger partial charge in [-0.1, -0.05) is 13.3 Å². The van der Waals surface area contributed by atoms with Crippen molar-refractivity contribution < 1.29 is 14.6 Å². The van der Waals surface area contributed by atoms with Crippen molar-refractivity contribution in [3.8, 4) is 0 Å². The third-order valence-electron chi connectivity index (χ3n) is 3.06. The first-order chi connectivity index (χ1) is 8.26. The summed E-state index contributed by atoms with van der Waals surface area (Å²) in [5.74, 6) is 0. The molecule has 0 atom stereocenters. The van der Waals surface area contributed by atoms with Gasteiger partial charge in [-0.05, 0) is 25.8 Å². The molecular weight excluding hydrogens is 220 g/mol. The topological polar surface area (TPSA) is 61.8 Å². The van der Waals surface area contributed by atoms with E-state index in [9.17, 15) is 4.79 Å². The van der Waals surface area contributed by atoms with E-state index in [2.05, 4.69) is 17.1 Å². The molecule has 1 aliphatic heterocycles. The number of hydrogen-bond donors (Lipinski definition) is 2. The summed E-state index contributed by atoms with van der Waals surface area (Å²) in [6, 6.07) is 0.221. The number of aliphatic hydroxyl groups excluding tert-OH is 1. The van der Waals surface area contributed by atoms with Crippen LogP contribution in [0.15, 0.2) is 0 Å². The number of alkyl carbamates (subject to hydrolysis) is 1. The molecule has 2 N–H and O–H groups in total. The van der Waals surface area contributed by atoms with Crippen LogP contribution in [-0.4, -0.2) is 55.0 Å². The molecule has 0 radical (unpaired) electrons. The molecule has 1 heterocycles. The molecule has 0 aromatic carbocycles. The number of likely N-dealkylation sites (tertiary alicyclic amines) is 1. The van der Waals surface area contributed by atoms with Crippen LogP contribution < -0.4 is 5.32 Å². The predicted molar refractivity (Wildman–Crippen MR) is 65.9 cm³/mol. The number of nitrogens with zero attached hydrogens (tertiary/aromatic N) is 1. The molecule has 0 saturated carbocycles. The molecule has 100 valence electrons. The average molecular weight is 244 g/mol. The lowest BCUT2D eigenvalue weighted by Crippen LogP contribution is -2.45. The Labute approximate surface area is 103 Å². The molecule has 0 spiro atoms. The van der Waals surface area contributed by atoms with Crippen LogP contribution in [0.3, 0.4) is 0 Å². The lowest BCUT2D eigenvalue weighted by atomic mass is 10.1. The van der Waals surface area contributed by atoms with E-state index in [1.165, 1.54) is 12.8 Å². The Kier molecular flexibility index (Phi) is 6.96. The standard InChI is InChI=1S/C12H24N2O3/c1-2-3-6-14-7-4-11(5-8-14)13-12(16)17-10-9-15/h11,15H,2-10H2,1H3,(H,13,16). The summed E-state index contributed by atoms with van der Waals surface area (Å²) >= 11 is 0. The number of aliphatic hydroxyl groups is 1. The molecule has 1 fully saturated rings. The first-order valence-electron chi connectivity index (χ1n) is 6.52. The number of piperidine rings is 1. The van der Waals surface area contributed by atoms with Gasteiger partial charge in [-0.3, -0.25) is 0 Å². The smallest absolute Gasteiger partial charge is 0.407 e. The van der Waals surface area contributed by atoms with E-state index in [0.717, 1.165) is 32.5 Å². The summed E-state index contributed by atoms with van der Waals surface area (Å²) in [6.07, 6.45) is 4.03. The summed E-state index contributed by atoms with van der Waals surface area (Å²) in [5, 5.41) is 11.4. The number of carbonyl (C=O) groups is 1. The fraction of sp³-hybridized carbons (Fsp3) is 0.917. The molecule has 0 unspecified atom stereocenters. The molecule has 0 bridgehead atoms. The monoisotopic (exact) mass is 244 g/mol. The number of ether oxygens (including phenoxy) is 1. The van der Waals surface area contributed by atoms with Crippen molar-refractivity contribution in [2.45, 2.75) is 38.6 Å². The van der Waals surface area contributed by atoms with Crippen molar-refractivity contribution in [3.63, 3.8) is 0 Å². The van der Waals surface area contributed by atoms with Gasteiger partial charge in [0.15, 0.2) is 0 Å². The zero-order valence-electron chi connectivity index (χ0n) is 10.7.